The molecular formula is C9H20N2O3. The summed E-state index contributed by atoms with van der Waals surface area (Å²) < 4.78 is 10.3. The first-order valence-electron chi connectivity index (χ1n) is 4.68. The first-order chi connectivity index (χ1) is 6.68. The zero-order chi connectivity index (χ0) is 10.8. The van der Waals surface area contributed by atoms with Gasteiger partial charge in [-0.15, -0.1) is 0 Å². The van der Waals surface area contributed by atoms with E-state index in [4.69, 9.17) is 9.47 Å². The van der Waals surface area contributed by atoms with E-state index in [2.05, 4.69) is 5.32 Å². The molecule has 0 rings (SSSR count). The predicted octanol–water partition coefficient (Wildman–Crippen LogP) is -0.673. The maximum atomic E-state index is 11.0. The van der Waals surface area contributed by atoms with Crippen molar-refractivity contribution in [1.29, 1.82) is 0 Å². The highest BCUT2D eigenvalue weighted by Gasteiger charge is 2.02. The van der Waals surface area contributed by atoms with Crippen molar-refractivity contribution in [2.24, 2.45) is 0 Å². The van der Waals surface area contributed by atoms with Crippen LogP contribution in [0.2, 0.25) is 0 Å². The summed E-state index contributed by atoms with van der Waals surface area (Å²) >= 11 is 0. The number of nitrogens with one attached hydrogen (secondary N) is 1. The lowest BCUT2D eigenvalue weighted by atomic mass is 10.6. The molecule has 0 aliphatic rings. The average molecular weight is 204 g/mol. The topological polar surface area (TPSA) is 50.8 Å². The maximum Gasteiger partial charge on any atom is 0.248 e. The Morgan fingerprint density at radius 3 is 2.43 bits per heavy atom. The Morgan fingerprint density at radius 2 is 1.86 bits per heavy atom. The summed E-state index contributed by atoms with van der Waals surface area (Å²) in [5.41, 5.74) is 0. The van der Waals surface area contributed by atoms with Crippen molar-refractivity contribution in [3.8, 4) is 0 Å². The molecule has 0 aromatic carbocycles. The lowest BCUT2D eigenvalue weighted by Crippen LogP contribution is -2.27. The quantitative estimate of drug-likeness (QED) is 0.533. The van der Waals surface area contributed by atoms with E-state index in [1.54, 1.807) is 14.1 Å². The number of nitrogens with zero attached hydrogens (tertiary/aromatic N) is 1. The van der Waals surface area contributed by atoms with Crippen LogP contribution in [0.1, 0.15) is 0 Å². The van der Waals surface area contributed by atoms with Gasteiger partial charge >= 0.3 is 0 Å². The van der Waals surface area contributed by atoms with E-state index in [9.17, 15) is 4.79 Å². The van der Waals surface area contributed by atoms with Crippen LogP contribution in [0.3, 0.4) is 0 Å². The Bertz CT molecular complexity index is 151. The van der Waals surface area contributed by atoms with Crippen LogP contribution in [0.5, 0.6) is 0 Å². The summed E-state index contributed by atoms with van der Waals surface area (Å²) in [6.07, 6.45) is 0. The number of likely N-dealkylation sites (N-methyl/N-ethyl adjacent to an activating group) is 2. The number of carbonyl (C=O) groups is 1. The molecule has 1 amide bonds. The van der Waals surface area contributed by atoms with Crippen LogP contribution in [-0.4, -0.2) is 64.9 Å². The molecule has 0 radical (unpaired) electrons. The van der Waals surface area contributed by atoms with Crippen LogP contribution >= 0.6 is 0 Å². The molecule has 0 fully saturated rings. The first kappa shape index (κ1) is 13.4. The number of hydrogen-bond donors (Lipinski definition) is 1. The molecule has 1 N–H and O–H groups in total. The highest BCUT2D eigenvalue weighted by Crippen LogP contribution is 1.82. The standard InChI is InChI=1S/C9H20N2O3/c1-10-4-5-13-6-7-14-8-9(12)11(2)3/h10H,4-8H2,1-3H3. The minimum absolute atomic E-state index is 0.0276. The van der Waals surface area contributed by atoms with Gasteiger partial charge in [-0.25, -0.2) is 0 Å². The van der Waals surface area contributed by atoms with Gasteiger partial charge in [0.2, 0.25) is 5.91 Å². The van der Waals surface area contributed by atoms with Gasteiger partial charge < -0.3 is 19.7 Å². The van der Waals surface area contributed by atoms with E-state index < -0.39 is 0 Å². The van der Waals surface area contributed by atoms with Crippen LogP contribution in [0, 0.1) is 0 Å². The molecule has 84 valence electrons. The number of carbonyl (C=O) groups excluding carboxylic acids is 1. The van der Waals surface area contributed by atoms with Crippen LogP contribution in [0.4, 0.5) is 0 Å². The molecule has 5 heteroatoms. The van der Waals surface area contributed by atoms with Gasteiger partial charge in [-0.2, -0.15) is 0 Å². The average Bonchev–Trinajstić information content (AvgIpc) is 2.16. The molecule has 5 nitrogen and oxygen atoms in total. The number of ether oxygens (including phenoxy) is 2. The van der Waals surface area contributed by atoms with Gasteiger partial charge in [-0.3, -0.25) is 4.79 Å². The minimum atomic E-state index is -0.0276. The summed E-state index contributed by atoms with van der Waals surface area (Å²) in [5.74, 6) is -0.0276. The van der Waals surface area contributed by atoms with Crippen molar-refractivity contribution in [3.63, 3.8) is 0 Å². The predicted molar refractivity (Wildman–Crippen MR) is 54.3 cm³/mol. The van der Waals surface area contributed by atoms with Gasteiger partial charge in [0.25, 0.3) is 0 Å². The fourth-order valence-electron chi connectivity index (χ4n) is 0.683. The highest BCUT2D eigenvalue weighted by molar-refractivity contribution is 5.76. The molecule has 0 bridgehead atoms. The Morgan fingerprint density at radius 1 is 1.21 bits per heavy atom. The lowest BCUT2D eigenvalue weighted by Gasteiger charge is -2.10. The maximum absolute atomic E-state index is 11.0. The molecule has 0 aliphatic heterocycles. The van der Waals surface area contributed by atoms with E-state index in [1.807, 2.05) is 7.05 Å². The second kappa shape index (κ2) is 8.93. The molecule has 0 aromatic heterocycles. The molecule has 0 heterocycles. The van der Waals surface area contributed by atoms with Crippen molar-refractivity contribution >= 4 is 5.91 Å². The summed E-state index contributed by atoms with van der Waals surface area (Å²) in [6, 6.07) is 0. The van der Waals surface area contributed by atoms with Crippen molar-refractivity contribution in [2.45, 2.75) is 0 Å². The fraction of sp³-hybridized carbons (Fsp3) is 0.889. The van der Waals surface area contributed by atoms with Crippen LogP contribution < -0.4 is 5.32 Å². The SMILES string of the molecule is CNCCOCCOCC(=O)N(C)C. The number of rotatable bonds is 8. The normalized spacial score (nSPS) is 10.2. The first-order valence-corrected chi connectivity index (χ1v) is 4.68. The Balaban J connectivity index is 3.10. The molecule has 0 atom stereocenters. The molecule has 0 saturated carbocycles. The minimum Gasteiger partial charge on any atom is -0.378 e. The van der Waals surface area contributed by atoms with Gasteiger partial charge in [-0.05, 0) is 7.05 Å². The van der Waals surface area contributed by atoms with Crippen molar-refractivity contribution in [2.75, 3.05) is 54.1 Å². The molecule has 0 aromatic rings. The van der Waals surface area contributed by atoms with Gasteiger partial charge in [0.15, 0.2) is 0 Å². The molecule has 14 heavy (non-hydrogen) atoms. The molecular weight excluding hydrogens is 184 g/mol. The summed E-state index contributed by atoms with van der Waals surface area (Å²) in [6.45, 7) is 2.62. The summed E-state index contributed by atoms with van der Waals surface area (Å²) in [4.78, 5) is 12.5. The monoisotopic (exact) mass is 204 g/mol. The highest BCUT2D eigenvalue weighted by atomic mass is 16.5. The largest absolute Gasteiger partial charge is 0.378 e. The van der Waals surface area contributed by atoms with E-state index >= 15 is 0 Å². The van der Waals surface area contributed by atoms with Crippen molar-refractivity contribution < 1.29 is 14.3 Å². The second-order valence-corrected chi connectivity index (χ2v) is 3.06. The zero-order valence-corrected chi connectivity index (χ0v) is 9.21. The molecule has 0 unspecified atom stereocenters. The summed E-state index contributed by atoms with van der Waals surface area (Å²) in [7, 11) is 5.28. The lowest BCUT2D eigenvalue weighted by molar-refractivity contribution is -0.134. The van der Waals surface area contributed by atoms with Crippen molar-refractivity contribution in [3.05, 3.63) is 0 Å². The third-order valence-corrected chi connectivity index (χ3v) is 1.59. The van der Waals surface area contributed by atoms with Crippen molar-refractivity contribution in [1.82, 2.24) is 10.2 Å². The number of hydrogen-bond acceptors (Lipinski definition) is 4. The van der Waals surface area contributed by atoms with Gasteiger partial charge in [0, 0.05) is 20.6 Å². The van der Waals surface area contributed by atoms with Gasteiger partial charge in [-0.1, -0.05) is 0 Å². The zero-order valence-electron chi connectivity index (χ0n) is 9.21. The Labute approximate surface area is 85.4 Å². The Hall–Kier alpha value is -0.650. The van der Waals surface area contributed by atoms with E-state index in [0.29, 0.717) is 19.8 Å². The second-order valence-electron chi connectivity index (χ2n) is 3.06. The smallest absolute Gasteiger partial charge is 0.248 e. The van der Waals surface area contributed by atoms with E-state index in [0.717, 1.165) is 6.54 Å². The Kier molecular flexibility index (Phi) is 8.51. The third kappa shape index (κ3) is 7.97. The summed E-state index contributed by atoms with van der Waals surface area (Å²) in [5, 5.41) is 2.97. The van der Waals surface area contributed by atoms with E-state index in [1.165, 1.54) is 4.90 Å². The molecule has 0 spiro atoms. The van der Waals surface area contributed by atoms with Crippen LogP contribution in [-0.2, 0) is 14.3 Å². The van der Waals surface area contributed by atoms with Crippen LogP contribution in [0.15, 0.2) is 0 Å². The van der Waals surface area contributed by atoms with Gasteiger partial charge in [0.05, 0.1) is 19.8 Å². The van der Waals surface area contributed by atoms with Gasteiger partial charge in [0.1, 0.15) is 6.61 Å². The molecule has 0 aliphatic carbocycles. The van der Waals surface area contributed by atoms with Crippen LogP contribution in [0.25, 0.3) is 0 Å². The number of amides is 1. The molecule has 0 saturated heterocycles. The third-order valence-electron chi connectivity index (χ3n) is 1.59. The van der Waals surface area contributed by atoms with E-state index in [-0.39, 0.29) is 12.5 Å². The fourth-order valence-corrected chi connectivity index (χ4v) is 0.683.